The van der Waals surface area contributed by atoms with Gasteiger partial charge in [-0.25, -0.2) is 0 Å². The molecule has 1 aliphatic rings. The monoisotopic (exact) mass is 317 g/mol. The van der Waals surface area contributed by atoms with Gasteiger partial charge in [0.1, 0.15) is 5.88 Å². The predicted octanol–water partition coefficient (Wildman–Crippen LogP) is 3.75. The number of hydrogen-bond donors (Lipinski definition) is 0. The second-order valence-electron chi connectivity index (χ2n) is 7.31. The van der Waals surface area contributed by atoms with Crippen molar-refractivity contribution in [1.29, 1.82) is 0 Å². The molecule has 1 rings (SSSR count). The minimum Gasteiger partial charge on any atom is -0.336 e. The second kappa shape index (κ2) is 6.27. The summed E-state index contributed by atoms with van der Waals surface area (Å²) in [4.78, 5) is 13.9. The minimum atomic E-state index is -1.15. The zero-order valence-corrected chi connectivity index (χ0v) is 15.0. The van der Waals surface area contributed by atoms with E-state index in [1.165, 1.54) is 14.2 Å². The van der Waals surface area contributed by atoms with Crippen molar-refractivity contribution in [2.45, 2.75) is 53.4 Å². The number of halogens is 1. The largest absolute Gasteiger partial charge is 0.336 e. The fourth-order valence-electron chi connectivity index (χ4n) is 3.46. The molecule has 21 heavy (non-hydrogen) atoms. The van der Waals surface area contributed by atoms with Crippen molar-refractivity contribution >= 4 is 17.5 Å². The average Bonchev–Trinajstić information content (AvgIpc) is 2.34. The smallest absolute Gasteiger partial charge is 0.254 e. The highest BCUT2D eigenvalue weighted by Gasteiger charge is 2.43. The zero-order chi connectivity index (χ0) is 16.5. The van der Waals surface area contributed by atoms with E-state index in [0.717, 1.165) is 18.5 Å². The first-order valence-corrected chi connectivity index (χ1v) is 7.75. The number of allylic oxidation sites excluding steroid dienone is 2. The van der Waals surface area contributed by atoms with Crippen LogP contribution in [0.25, 0.3) is 0 Å². The van der Waals surface area contributed by atoms with E-state index in [-0.39, 0.29) is 22.6 Å². The molecule has 4 nitrogen and oxygen atoms in total. The van der Waals surface area contributed by atoms with Gasteiger partial charge in [0.05, 0.1) is 0 Å². The number of hydrogen-bond acceptors (Lipinski definition) is 3. The number of nitrogens with zero attached hydrogens (tertiary/aromatic N) is 1. The Hall–Kier alpha value is -0.580. The summed E-state index contributed by atoms with van der Waals surface area (Å²) in [6, 6.07) is 0. The molecular formula is C16H28ClNO3. The molecule has 0 spiro atoms. The van der Waals surface area contributed by atoms with Gasteiger partial charge in [-0.05, 0) is 23.7 Å². The normalized spacial score (nSPS) is 20.9. The maximum absolute atomic E-state index is 12.4. The van der Waals surface area contributed by atoms with E-state index in [1.807, 2.05) is 0 Å². The van der Waals surface area contributed by atoms with Crippen molar-refractivity contribution in [2.24, 2.45) is 10.8 Å². The molecule has 0 unspecified atom stereocenters. The summed E-state index contributed by atoms with van der Waals surface area (Å²) in [5.41, 5.74) is 1.01. The molecule has 0 aliphatic heterocycles. The summed E-state index contributed by atoms with van der Waals surface area (Å²) < 4.78 is 10.9. The van der Waals surface area contributed by atoms with Gasteiger partial charge >= 0.3 is 0 Å². The minimum absolute atomic E-state index is 0.00428. The van der Waals surface area contributed by atoms with Crippen molar-refractivity contribution in [3.63, 3.8) is 0 Å². The van der Waals surface area contributed by atoms with Crippen LogP contribution in [0.3, 0.4) is 0 Å². The van der Waals surface area contributed by atoms with Crippen molar-refractivity contribution in [3.8, 4) is 0 Å². The number of methoxy groups -OCH3 is 2. The van der Waals surface area contributed by atoms with E-state index < -0.39 is 5.91 Å². The quantitative estimate of drug-likeness (QED) is 0.572. The zero-order valence-electron chi connectivity index (χ0n) is 14.2. The van der Waals surface area contributed by atoms with Gasteiger partial charge < -0.3 is 9.47 Å². The summed E-state index contributed by atoms with van der Waals surface area (Å²) in [5.74, 6) is -1.48. The number of amides is 1. The lowest BCUT2D eigenvalue weighted by Gasteiger charge is -2.46. The molecule has 0 fully saturated rings. The topological polar surface area (TPSA) is 38.8 Å². The maximum Gasteiger partial charge on any atom is 0.254 e. The average molecular weight is 318 g/mol. The number of carbonyl (C=O) groups is 1. The summed E-state index contributed by atoms with van der Waals surface area (Å²) in [5, 5.41) is 0. The van der Waals surface area contributed by atoms with Crippen LogP contribution in [0.1, 0.15) is 47.5 Å². The van der Waals surface area contributed by atoms with Crippen molar-refractivity contribution in [3.05, 3.63) is 11.8 Å². The Morgan fingerprint density at radius 1 is 1.33 bits per heavy atom. The Kier molecular flexibility index (Phi) is 5.51. The molecule has 0 atom stereocenters. The van der Waals surface area contributed by atoms with Gasteiger partial charge in [-0.2, -0.15) is 0 Å². The van der Waals surface area contributed by atoms with Gasteiger partial charge in [0, 0.05) is 26.8 Å². The Balaban J connectivity index is 3.33. The first-order chi connectivity index (χ1) is 9.50. The standard InChI is InChI=1S/C16H28ClNO3/c1-14(2)8-12(9-15(3,4)11-14)18(13(19)10-17)16(5,20-6)21-7/h8H,9-11H2,1-7H3. The molecule has 0 aromatic carbocycles. The van der Waals surface area contributed by atoms with Crippen LogP contribution in [0, 0.1) is 10.8 Å². The van der Waals surface area contributed by atoms with Gasteiger partial charge in [-0.3, -0.25) is 9.69 Å². The van der Waals surface area contributed by atoms with E-state index in [2.05, 4.69) is 33.8 Å². The second-order valence-corrected chi connectivity index (χ2v) is 7.58. The maximum atomic E-state index is 12.4. The molecule has 0 saturated carbocycles. The van der Waals surface area contributed by atoms with Crippen LogP contribution >= 0.6 is 11.6 Å². The third-order valence-corrected chi connectivity index (χ3v) is 4.19. The van der Waals surface area contributed by atoms with Gasteiger partial charge in [-0.15, -0.1) is 11.6 Å². The van der Waals surface area contributed by atoms with Crippen LogP contribution in [0.4, 0.5) is 0 Å². The summed E-state index contributed by atoms with van der Waals surface area (Å²) in [6.07, 6.45) is 3.98. The molecule has 0 saturated heterocycles. The molecule has 1 amide bonds. The Labute approximate surface area is 133 Å². The van der Waals surface area contributed by atoms with E-state index in [4.69, 9.17) is 21.1 Å². The number of rotatable bonds is 5. The Morgan fingerprint density at radius 2 is 1.86 bits per heavy atom. The van der Waals surface area contributed by atoms with Crippen LogP contribution in [-0.4, -0.2) is 36.8 Å². The first kappa shape index (κ1) is 18.5. The highest BCUT2D eigenvalue weighted by atomic mass is 35.5. The van der Waals surface area contributed by atoms with Crippen LogP contribution in [0.2, 0.25) is 0 Å². The Morgan fingerprint density at radius 3 is 2.24 bits per heavy atom. The molecule has 1 aliphatic carbocycles. The molecule has 122 valence electrons. The van der Waals surface area contributed by atoms with Crippen LogP contribution in [-0.2, 0) is 14.3 Å². The summed E-state index contributed by atoms with van der Waals surface area (Å²) in [6.45, 7) is 10.5. The molecule has 0 radical (unpaired) electrons. The summed E-state index contributed by atoms with van der Waals surface area (Å²) in [7, 11) is 3.05. The first-order valence-electron chi connectivity index (χ1n) is 7.21. The van der Waals surface area contributed by atoms with E-state index >= 15 is 0 Å². The number of carbonyl (C=O) groups excluding carboxylic acids is 1. The fraction of sp³-hybridized carbons (Fsp3) is 0.812. The lowest BCUT2D eigenvalue weighted by Crippen LogP contribution is -2.53. The molecular weight excluding hydrogens is 290 g/mol. The molecule has 0 N–H and O–H groups in total. The highest BCUT2D eigenvalue weighted by molar-refractivity contribution is 6.27. The van der Waals surface area contributed by atoms with E-state index in [9.17, 15) is 4.79 Å². The molecule has 0 aromatic heterocycles. The number of alkyl halides is 1. The van der Waals surface area contributed by atoms with Crippen LogP contribution in [0.5, 0.6) is 0 Å². The number of ether oxygens (including phenoxy) is 2. The van der Waals surface area contributed by atoms with E-state index in [1.54, 1.807) is 11.8 Å². The SMILES string of the molecule is COC(C)(OC)N(C(=O)CCl)C1=CC(C)(C)CC(C)(C)C1. The fourth-order valence-corrected chi connectivity index (χ4v) is 3.58. The lowest BCUT2D eigenvalue weighted by molar-refractivity contribution is -0.267. The third-order valence-electron chi connectivity index (χ3n) is 3.97. The van der Waals surface area contributed by atoms with Gasteiger partial charge in [0.15, 0.2) is 0 Å². The van der Waals surface area contributed by atoms with Gasteiger partial charge in [0.25, 0.3) is 5.91 Å². The Bertz CT molecular complexity index is 425. The van der Waals surface area contributed by atoms with Crippen molar-refractivity contribution in [1.82, 2.24) is 4.90 Å². The van der Waals surface area contributed by atoms with Gasteiger partial charge in [-0.1, -0.05) is 33.8 Å². The lowest BCUT2D eigenvalue weighted by atomic mass is 9.68. The predicted molar refractivity (Wildman–Crippen MR) is 84.9 cm³/mol. The van der Waals surface area contributed by atoms with Crippen LogP contribution in [0.15, 0.2) is 11.8 Å². The third kappa shape index (κ3) is 4.21. The van der Waals surface area contributed by atoms with E-state index in [0.29, 0.717) is 0 Å². The summed E-state index contributed by atoms with van der Waals surface area (Å²) >= 11 is 5.80. The van der Waals surface area contributed by atoms with Crippen LogP contribution < -0.4 is 0 Å². The molecule has 0 aromatic rings. The van der Waals surface area contributed by atoms with Crippen molar-refractivity contribution < 1.29 is 14.3 Å². The molecule has 0 bridgehead atoms. The van der Waals surface area contributed by atoms with Crippen molar-refractivity contribution in [2.75, 3.05) is 20.1 Å². The van der Waals surface area contributed by atoms with Gasteiger partial charge in [0.2, 0.25) is 5.91 Å². The molecule has 0 heterocycles. The highest BCUT2D eigenvalue weighted by Crippen LogP contribution is 2.46. The molecule has 5 heteroatoms.